The van der Waals surface area contributed by atoms with Crippen LogP contribution in [0.5, 0.6) is 0 Å². The van der Waals surface area contributed by atoms with Gasteiger partial charge >= 0.3 is 0 Å². The highest BCUT2D eigenvalue weighted by molar-refractivity contribution is 5.94. The number of hydrogen-bond acceptors (Lipinski definition) is 6. The number of alkyl halides is 1. The number of rotatable bonds is 7. The lowest BCUT2D eigenvalue weighted by Gasteiger charge is -2.39. The van der Waals surface area contributed by atoms with Gasteiger partial charge in [-0.25, -0.2) is 23.7 Å². The van der Waals surface area contributed by atoms with Gasteiger partial charge in [-0.3, -0.25) is 4.90 Å². The molecule has 1 saturated heterocycles. The van der Waals surface area contributed by atoms with Crippen molar-refractivity contribution in [2.24, 2.45) is 0 Å². The van der Waals surface area contributed by atoms with Crippen LogP contribution in [0, 0.1) is 5.82 Å². The molecule has 1 aliphatic rings. The van der Waals surface area contributed by atoms with Gasteiger partial charge < -0.3 is 10.6 Å². The van der Waals surface area contributed by atoms with Crippen molar-refractivity contribution in [2.75, 3.05) is 36.9 Å². The van der Waals surface area contributed by atoms with Gasteiger partial charge in [0.1, 0.15) is 18.3 Å². The van der Waals surface area contributed by atoms with E-state index in [1.807, 2.05) is 30.3 Å². The fourth-order valence-corrected chi connectivity index (χ4v) is 3.87. The summed E-state index contributed by atoms with van der Waals surface area (Å²) in [5.41, 5.74) is 2.63. The van der Waals surface area contributed by atoms with Gasteiger partial charge in [-0.1, -0.05) is 36.4 Å². The van der Waals surface area contributed by atoms with Crippen LogP contribution < -0.4 is 10.6 Å². The van der Waals surface area contributed by atoms with Crippen LogP contribution in [0.15, 0.2) is 67.0 Å². The molecule has 2 aromatic carbocycles. The summed E-state index contributed by atoms with van der Waals surface area (Å²) >= 11 is 0. The largest absolute Gasteiger partial charge is 0.365 e. The number of anilines is 3. The number of pyridine rings is 1. The van der Waals surface area contributed by atoms with E-state index in [4.69, 9.17) is 0 Å². The van der Waals surface area contributed by atoms with E-state index in [9.17, 15) is 8.78 Å². The van der Waals surface area contributed by atoms with Crippen LogP contribution in [0.3, 0.4) is 0 Å². The summed E-state index contributed by atoms with van der Waals surface area (Å²) in [7, 11) is 0. The zero-order valence-corrected chi connectivity index (χ0v) is 17.3. The van der Waals surface area contributed by atoms with Gasteiger partial charge in [0.15, 0.2) is 0 Å². The van der Waals surface area contributed by atoms with E-state index >= 15 is 0 Å². The lowest BCUT2D eigenvalue weighted by molar-refractivity contribution is 0.149. The fraction of sp³-hybridized carbons (Fsp3) is 0.208. The number of aromatic nitrogens is 3. The number of hydrogen-bond donors (Lipinski definition) is 2. The highest BCUT2D eigenvalue weighted by atomic mass is 19.1. The number of halogens is 2. The van der Waals surface area contributed by atoms with Gasteiger partial charge in [0, 0.05) is 42.3 Å². The van der Waals surface area contributed by atoms with E-state index in [1.54, 1.807) is 30.6 Å². The van der Waals surface area contributed by atoms with Crippen molar-refractivity contribution >= 4 is 28.4 Å². The number of nitrogens with one attached hydrogen (secondary N) is 2. The van der Waals surface area contributed by atoms with Gasteiger partial charge in [0.25, 0.3) is 0 Å². The van der Waals surface area contributed by atoms with Gasteiger partial charge in [-0.05, 0) is 18.2 Å². The molecule has 1 aliphatic heterocycles. The molecule has 4 aromatic rings. The van der Waals surface area contributed by atoms with Crippen molar-refractivity contribution in [3.8, 4) is 11.1 Å². The molecule has 3 heterocycles. The fourth-order valence-electron chi connectivity index (χ4n) is 3.87. The van der Waals surface area contributed by atoms with E-state index in [1.165, 1.54) is 6.07 Å². The van der Waals surface area contributed by atoms with Gasteiger partial charge in [0.05, 0.1) is 23.4 Å². The molecule has 0 amide bonds. The molecule has 0 bridgehead atoms. The molecule has 162 valence electrons. The van der Waals surface area contributed by atoms with E-state index in [2.05, 4.69) is 30.5 Å². The molecule has 0 unspecified atom stereocenters. The Morgan fingerprint density at radius 3 is 2.56 bits per heavy atom. The second-order valence-corrected chi connectivity index (χ2v) is 7.76. The monoisotopic (exact) mass is 432 g/mol. The first-order valence-corrected chi connectivity index (χ1v) is 10.5. The molecule has 8 heteroatoms. The average molecular weight is 432 g/mol. The highest BCUT2D eigenvalue weighted by Crippen LogP contribution is 2.30. The normalized spacial score (nSPS) is 14.3. The summed E-state index contributed by atoms with van der Waals surface area (Å²) in [6.45, 7) is 1.81. The van der Waals surface area contributed by atoms with Crippen molar-refractivity contribution < 1.29 is 8.78 Å². The Bertz CT molecular complexity index is 1220. The van der Waals surface area contributed by atoms with Gasteiger partial charge in [0.2, 0.25) is 5.95 Å². The number of para-hydroxylation sites is 1. The molecule has 0 atom stereocenters. The zero-order valence-electron chi connectivity index (χ0n) is 17.3. The van der Waals surface area contributed by atoms with Crippen molar-refractivity contribution in [1.82, 2.24) is 19.9 Å². The van der Waals surface area contributed by atoms with Crippen LogP contribution in [0.4, 0.5) is 26.2 Å². The molecule has 0 radical (unpaired) electrons. The summed E-state index contributed by atoms with van der Waals surface area (Å²) in [6, 6.07) is 16.4. The molecule has 6 nitrogen and oxygen atoms in total. The molecule has 2 N–H and O–H groups in total. The number of fused-ring (bicyclic) bond motifs is 1. The molecule has 0 saturated carbocycles. The first-order valence-electron chi connectivity index (χ1n) is 10.5. The third-order valence-corrected chi connectivity index (χ3v) is 5.50. The summed E-state index contributed by atoms with van der Waals surface area (Å²) in [4.78, 5) is 15.5. The topological polar surface area (TPSA) is 66.0 Å². The summed E-state index contributed by atoms with van der Waals surface area (Å²) in [5, 5.41) is 7.34. The van der Waals surface area contributed by atoms with Crippen LogP contribution in [-0.4, -0.2) is 52.2 Å². The first kappa shape index (κ1) is 20.3. The minimum absolute atomic E-state index is 0.286. The third kappa shape index (κ3) is 4.22. The van der Waals surface area contributed by atoms with E-state index in [-0.39, 0.29) is 18.5 Å². The molecule has 32 heavy (non-hydrogen) atoms. The molecule has 1 fully saturated rings. The second kappa shape index (κ2) is 8.84. The molecule has 2 aromatic heterocycles. The lowest BCUT2D eigenvalue weighted by atomic mass is 10.0. The zero-order chi connectivity index (χ0) is 21.9. The Hall–Kier alpha value is -3.65. The standard InChI is InChI=1S/C24H22F2N6/c25-10-11-32-14-18(15-32)29-22-9-8-17(13-27-22)30-24-28-12-16-4-3-6-20(23(16)31-24)19-5-1-2-7-21(19)26/h1-9,12-13,18H,10-11,14-15H2,(H,27,29)(H,28,30,31). The Balaban J connectivity index is 1.32. The van der Waals surface area contributed by atoms with Crippen LogP contribution in [0.1, 0.15) is 0 Å². The maximum Gasteiger partial charge on any atom is 0.227 e. The number of benzene rings is 2. The Kier molecular flexibility index (Phi) is 5.60. The highest BCUT2D eigenvalue weighted by Gasteiger charge is 2.26. The molecule has 0 aliphatic carbocycles. The molecule has 5 rings (SSSR count). The molecular formula is C24H22F2N6. The number of nitrogens with zero attached hydrogens (tertiary/aromatic N) is 4. The quantitative estimate of drug-likeness (QED) is 0.444. The van der Waals surface area contributed by atoms with Crippen LogP contribution in [0.25, 0.3) is 22.0 Å². The second-order valence-electron chi connectivity index (χ2n) is 7.76. The van der Waals surface area contributed by atoms with E-state index < -0.39 is 0 Å². The first-order chi connectivity index (χ1) is 15.7. The van der Waals surface area contributed by atoms with Crippen molar-refractivity contribution in [3.05, 3.63) is 72.8 Å². The Morgan fingerprint density at radius 1 is 0.938 bits per heavy atom. The summed E-state index contributed by atoms with van der Waals surface area (Å²) in [6.07, 6.45) is 3.43. The van der Waals surface area contributed by atoms with Crippen molar-refractivity contribution in [1.29, 1.82) is 0 Å². The average Bonchev–Trinajstić information content (AvgIpc) is 2.79. The van der Waals surface area contributed by atoms with E-state index in [0.717, 1.165) is 30.0 Å². The lowest BCUT2D eigenvalue weighted by Crippen LogP contribution is -2.55. The van der Waals surface area contributed by atoms with Crippen molar-refractivity contribution in [2.45, 2.75) is 6.04 Å². The third-order valence-electron chi connectivity index (χ3n) is 5.50. The van der Waals surface area contributed by atoms with E-state index in [0.29, 0.717) is 29.1 Å². The maximum absolute atomic E-state index is 14.4. The minimum atomic E-state index is -0.316. The minimum Gasteiger partial charge on any atom is -0.365 e. The van der Waals surface area contributed by atoms with Crippen molar-refractivity contribution in [3.63, 3.8) is 0 Å². The molecule has 0 spiro atoms. The Morgan fingerprint density at radius 2 is 1.78 bits per heavy atom. The number of likely N-dealkylation sites (tertiary alicyclic amines) is 1. The van der Waals surface area contributed by atoms with Crippen LogP contribution in [0.2, 0.25) is 0 Å². The maximum atomic E-state index is 14.4. The smallest absolute Gasteiger partial charge is 0.227 e. The van der Waals surface area contributed by atoms with Crippen LogP contribution >= 0.6 is 0 Å². The predicted octanol–water partition coefficient (Wildman–Crippen LogP) is 4.64. The molecular weight excluding hydrogens is 410 g/mol. The van der Waals surface area contributed by atoms with Gasteiger partial charge in [-0.2, -0.15) is 0 Å². The summed E-state index contributed by atoms with van der Waals surface area (Å²) < 4.78 is 26.7. The van der Waals surface area contributed by atoms with Gasteiger partial charge in [-0.15, -0.1) is 0 Å². The van der Waals surface area contributed by atoms with Crippen LogP contribution in [-0.2, 0) is 0 Å². The summed E-state index contributed by atoms with van der Waals surface area (Å²) in [5.74, 6) is 0.881. The SMILES string of the molecule is FCCN1CC(Nc2ccc(Nc3ncc4cccc(-c5ccccc5F)c4n3)cn2)C1. The predicted molar refractivity (Wildman–Crippen MR) is 122 cm³/mol. The Labute approximate surface area is 184 Å².